The van der Waals surface area contributed by atoms with Crippen LogP contribution in [0.25, 0.3) is 21.5 Å². The second kappa shape index (κ2) is 14.7. The van der Waals surface area contributed by atoms with Crippen LogP contribution < -0.4 is 19.3 Å². The van der Waals surface area contributed by atoms with Crippen molar-refractivity contribution in [2.24, 2.45) is 0 Å². The van der Waals surface area contributed by atoms with E-state index in [1.54, 1.807) is 48.5 Å². The van der Waals surface area contributed by atoms with Crippen molar-refractivity contribution in [2.75, 3.05) is 38.0 Å². The van der Waals surface area contributed by atoms with E-state index in [4.69, 9.17) is 18.9 Å². The standard InChI is InChI=1S/2C27H19NO6/c1-28(2)16-5-10-21-23(13-16)33-24-18-7-6-17(29)11-14(18)3-9-22(24)27(21)20-8-4-15(25(30)31)12-19(20)26(32)34-27;1-28(2)16-5-10-20-23(13-16)33-24-18-8-6-17(29)11-14(18)4-9-21(24)27(20)22-12-15(25(30)31)3-7-19(22)26(32)34-27/h2*3-13,29H,1-2H3,(H,30,31). The van der Waals surface area contributed by atoms with Crippen molar-refractivity contribution in [3.8, 4) is 34.5 Å². The van der Waals surface area contributed by atoms with Gasteiger partial charge in [-0.25, -0.2) is 19.2 Å². The van der Waals surface area contributed by atoms with E-state index in [1.165, 1.54) is 30.3 Å². The van der Waals surface area contributed by atoms with Crippen LogP contribution in [0.2, 0.25) is 0 Å². The molecule has 0 aromatic heterocycles. The van der Waals surface area contributed by atoms with E-state index in [0.29, 0.717) is 61.9 Å². The minimum Gasteiger partial charge on any atom is -0.508 e. The first-order chi connectivity index (χ1) is 32.6. The quantitative estimate of drug-likeness (QED) is 0.122. The van der Waals surface area contributed by atoms with Gasteiger partial charge in [0.25, 0.3) is 0 Å². The molecule has 4 aliphatic rings. The van der Waals surface area contributed by atoms with Crippen molar-refractivity contribution in [1.82, 2.24) is 0 Å². The monoisotopic (exact) mass is 906 g/mol. The predicted octanol–water partition coefficient (Wildman–Crippen LogP) is 9.76. The molecule has 0 radical (unpaired) electrons. The SMILES string of the molecule is CN(C)c1ccc2c(c1)Oc1c(ccc3cc(O)ccc13)C21OC(=O)c2cc(C(=O)O)ccc21.CN(C)c1ccc2c(c1)Oc1c(ccc3cc(O)ccc13)C21OC(=O)c2ccc(C(=O)O)cc21. The normalized spacial score (nSPS) is 17.5. The number of aromatic hydroxyl groups is 2. The molecular weight excluding hydrogens is 869 g/mol. The minimum atomic E-state index is -1.38. The highest BCUT2D eigenvalue weighted by molar-refractivity contribution is 6.03. The zero-order valence-corrected chi connectivity index (χ0v) is 36.7. The molecule has 4 N–H and O–H groups in total. The number of carboxylic acid groups (broad SMARTS) is 2. The molecule has 14 nitrogen and oxygen atoms in total. The molecule has 2 atom stereocenters. The highest BCUT2D eigenvalue weighted by atomic mass is 16.6. The van der Waals surface area contributed by atoms with Crippen LogP contribution in [0.4, 0.5) is 11.4 Å². The summed E-state index contributed by atoms with van der Waals surface area (Å²) in [5, 5.41) is 42.0. The smallest absolute Gasteiger partial charge is 0.340 e. The van der Waals surface area contributed by atoms with E-state index in [9.17, 15) is 39.6 Å². The Morgan fingerprint density at radius 1 is 0.456 bits per heavy atom. The first-order valence-electron chi connectivity index (χ1n) is 21.3. The van der Waals surface area contributed by atoms with Gasteiger partial charge in [-0.05, 0) is 114 Å². The predicted molar refractivity (Wildman–Crippen MR) is 250 cm³/mol. The lowest BCUT2D eigenvalue weighted by atomic mass is 9.76. The first-order valence-corrected chi connectivity index (χ1v) is 21.3. The number of phenols is 2. The Hall–Kier alpha value is -9.04. The molecule has 0 fully saturated rings. The van der Waals surface area contributed by atoms with Crippen LogP contribution in [0.15, 0.2) is 133 Å². The Bertz CT molecular complexity index is 3580. The van der Waals surface area contributed by atoms with Gasteiger partial charge in [-0.15, -0.1) is 0 Å². The van der Waals surface area contributed by atoms with E-state index in [1.807, 2.05) is 92.6 Å². The van der Waals surface area contributed by atoms with Crippen LogP contribution in [-0.4, -0.2) is 72.5 Å². The van der Waals surface area contributed by atoms with Gasteiger partial charge < -0.3 is 49.2 Å². The summed E-state index contributed by atoms with van der Waals surface area (Å²) in [6.07, 6.45) is 0. The summed E-state index contributed by atoms with van der Waals surface area (Å²) in [6.45, 7) is 0. The average Bonchev–Trinajstić information content (AvgIpc) is 3.78. The Morgan fingerprint density at radius 3 is 1.40 bits per heavy atom. The van der Waals surface area contributed by atoms with Crippen LogP contribution in [0.5, 0.6) is 34.5 Å². The average molecular weight is 907 g/mol. The number of phenolic OH excluding ortho intramolecular Hbond substituents is 2. The molecule has 14 heteroatoms. The summed E-state index contributed by atoms with van der Waals surface area (Å²) in [6, 6.07) is 37.4. The molecule has 0 amide bonds. The zero-order chi connectivity index (χ0) is 47.6. The fraction of sp³-hybridized carbons (Fsp3) is 0.111. The minimum absolute atomic E-state index is 0.0113. The van der Waals surface area contributed by atoms with Crippen molar-refractivity contribution in [2.45, 2.75) is 11.2 Å². The topological polar surface area (TPSA) is 193 Å². The second-order valence-corrected chi connectivity index (χ2v) is 17.3. The van der Waals surface area contributed by atoms with Gasteiger partial charge in [0.1, 0.15) is 34.5 Å². The molecule has 12 rings (SSSR count). The van der Waals surface area contributed by atoms with Gasteiger partial charge in [-0.1, -0.05) is 18.2 Å². The van der Waals surface area contributed by atoms with Crippen molar-refractivity contribution in [3.05, 3.63) is 189 Å². The Morgan fingerprint density at radius 2 is 0.897 bits per heavy atom. The number of aromatic carboxylic acids is 2. The van der Waals surface area contributed by atoms with Crippen LogP contribution in [0.1, 0.15) is 74.8 Å². The highest BCUT2D eigenvalue weighted by Gasteiger charge is 2.55. The van der Waals surface area contributed by atoms with E-state index in [2.05, 4.69) is 0 Å². The number of carbonyl (C=O) groups is 4. The first kappa shape index (κ1) is 41.7. The lowest BCUT2D eigenvalue weighted by Crippen LogP contribution is -2.33. The molecule has 2 spiro atoms. The van der Waals surface area contributed by atoms with E-state index >= 15 is 0 Å². The molecule has 0 saturated heterocycles. The van der Waals surface area contributed by atoms with Gasteiger partial charge in [0.2, 0.25) is 0 Å². The van der Waals surface area contributed by atoms with Crippen LogP contribution in [-0.2, 0) is 20.7 Å². The van der Waals surface area contributed by atoms with Crippen molar-refractivity contribution < 1.29 is 58.6 Å². The lowest BCUT2D eigenvalue weighted by molar-refractivity contribution is 0.0215. The van der Waals surface area contributed by atoms with Crippen molar-refractivity contribution in [1.29, 1.82) is 0 Å². The molecular formula is C54H38N2O12. The lowest BCUT2D eigenvalue weighted by Gasteiger charge is -2.37. The second-order valence-electron chi connectivity index (χ2n) is 17.3. The summed E-state index contributed by atoms with van der Waals surface area (Å²) in [7, 11) is 7.67. The van der Waals surface area contributed by atoms with E-state index < -0.39 is 35.1 Å². The van der Waals surface area contributed by atoms with Crippen molar-refractivity contribution in [3.63, 3.8) is 0 Å². The Labute approximate surface area is 387 Å². The van der Waals surface area contributed by atoms with Crippen LogP contribution in [0, 0.1) is 0 Å². The van der Waals surface area contributed by atoms with Gasteiger partial charge >= 0.3 is 23.9 Å². The number of esters is 2. The number of carbonyl (C=O) groups excluding carboxylic acids is 2. The summed E-state index contributed by atoms with van der Waals surface area (Å²) >= 11 is 0. The molecule has 8 aromatic rings. The number of nitrogens with zero attached hydrogens (tertiary/aromatic N) is 2. The van der Waals surface area contributed by atoms with Crippen molar-refractivity contribution >= 4 is 56.8 Å². The third-order valence-electron chi connectivity index (χ3n) is 13.0. The zero-order valence-electron chi connectivity index (χ0n) is 36.7. The van der Waals surface area contributed by atoms with Gasteiger partial charge in [0.05, 0.1) is 22.3 Å². The highest BCUT2D eigenvalue weighted by Crippen LogP contribution is 2.60. The summed E-state index contributed by atoms with van der Waals surface area (Å²) in [4.78, 5) is 53.4. The number of anilines is 2. The van der Waals surface area contributed by atoms with Crippen LogP contribution in [0.3, 0.4) is 0 Å². The number of hydrogen-bond donors (Lipinski definition) is 4. The number of ether oxygens (including phenoxy) is 4. The Kier molecular flexibility index (Phi) is 9.03. The molecule has 68 heavy (non-hydrogen) atoms. The van der Waals surface area contributed by atoms with Gasteiger partial charge in [-0.3, -0.25) is 0 Å². The summed E-state index contributed by atoms with van der Waals surface area (Å²) in [5.74, 6) is -1.06. The fourth-order valence-corrected chi connectivity index (χ4v) is 9.79. The third kappa shape index (κ3) is 5.96. The number of fused-ring (bicyclic) bond motifs is 16. The fourth-order valence-electron chi connectivity index (χ4n) is 9.79. The van der Waals surface area contributed by atoms with Crippen LogP contribution >= 0.6 is 0 Å². The van der Waals surface area contributed by atoms with Gasteiger partial charge in [0, 0.05) is 95.9 Å². The molecule has 8 aromatic carbocycles. The third-order valence-corrected chi connectivity index (χ3v) is 13.0. The molecule has 0 saturated carbocycles. The molecule has 336 valence electrons. The number of rotatable bonds is 4. The summed E-state index contributed by atoms with van der Waals surface area (Å²) in [5.41, 5.74) is 3.20. The Balaban J connectivity index is 0.000000149. The van der Waals surface area contributed by atoms with E-state index in [0.717, 1.165) is 32.9 Å². The molecule has 2 unspecified atom stereocenters. The summed E-state index contributed by atoms with van der Waals surface area (Å²) < 4.78 is 25.1. The number of hydrogen-bond acceptors (Lipinski definition) is 12. The number of benzene rings is 8. The maximum Gasteiger partial charge on any atom is 0.340 e. The van der Waals surface area contributed by atoms with E-state index in [-0.39, 0.29) is 28.2 Å². The maximum absolute atomic E-state index is 13.1. The molecule has 4 aliphatic heterocycles. The number of carboxylic acids is 2. The maximum atomic E-state index is 13.1. The largest absolute Gasteiger partial charge is 0.508 e. The molecule has 0 bridgehead atoms. The molecule has 4 heterocycles. The molecule has 0 aliphatic carbocycles. The van der Waals surface area contributed by atoms with Gasteiger partial charge in [0.15, 0.2) is 11.2 Å². The van der Waals surface area contributed by atoms with Gasteiger partial charge in [-0.2, -0.15) is 0 Å².